The van der Waals surface area contributed by atoms with E-state index in [0.29, 0.717) is 89.5 Å². The Morgan fingerprint density at radius 3 is 1.56 bits per heavy atom. The van der Waals surface area contributed by atoms with E-state index in [1.165, 1.54) is 0 Å². The Hall–Kier alpha value is -4.80. The van der Waals surface area contributed by atoms with Crippen LogP contribution in [0.15, 0.2) is 65.5 Å². The fourth-order valence-corrected chi connectivity index (χ4v) is 7.76. The van der Waals surface area contributed by atoms with Gasteiger partial charge in [-0.05, 0) is 68.1 Å². The molecular weight excluding hydrogens is 769 g/mol. The maximum Gasteiger partial charge on any atom is 0.335 e. The number of rotatable bonds is 12. The Kier molecular flexibility index (Phi) is 18.4. The summed E-state index contributed by atoms with van der Waals surface area (Å²) in [6.45, 7) is 20.3. The highest BCUT2D eigenvalue weighted by Crippen LogP contribution is 2.29. The van der Waals surface area contributed by atoms with E-state index in [1.807, 2.05) is 45.0 Å². The van der Waals surface area contributed by atoms with Gasteiger partial charge in [0.1, 0.15) is 4.83 Å². The van der Waals surface area contributed by atoms with Gasteiger partial charge < -0.3 is 21.1 Å². The predicted octanol–water partition coefficient (Wildman–Crippen LogP) is 3.62. The molecular formula is C44H62N8O6S. The molecule has 4 aromatic rings. The van der Waals surface area contributed by atoms with Crippen LogP contribution < -0.4 is 21.4 Å². The summed E-state index contributed by atoms with van der Waals surface area (Å²) in [5.74, 6) is -0.965. The maximum absolute atomic E-state index is 13.6. The smallest absolute Gasteiger partial charge is 0.335 e. The lowest BCUT2D eigenvalue weighted by molar-refractivity contribution is -0.124. The van der Waals surface area contributed by atoms with Crippen LogP contribution in [0.2, 0.25) is 0 Å². The summed E-state index contributed by atoms with van der Waals surface area (Å²) in [6, 6.07) is 18.3. The molecule has 0 aliphatic carbocycles. The van der Waals surface area contributed by atoms with Crippen LogP contribution in [-0.2, 0) is 26.3 Å². The van der Waals surface area contributed by atoms with E-state index in [0.717, 1.165) is 26.2 Å². The number of pyridine rings is 1. The monoisotopic (exact) mass is 830 g/mol. The molecule has 0 unspecified atom stereocenters. The van der Waals surface area contributed by atoms with Gasteiger partial charge in [0.05, 0.1) is 36.3 Å². The van der Waals surface area contributed by atoms with Crippen LogP contribution in [0.3, 0.4) is 0 Å². The fraction of sp³-hybridized carbons (Fsp3) is 0.500. The minimum absolute atomic E-state index is 0.00780. The van der Waals surface area contributed by atoms with Crippen molar-refractivity contribution in [2.75, 3.05) is 91.6 Å². The molecule has 59 heavy (non-hydrogen) atoms. The van der Waals surface area contributed by atoms with Gasteiger partial charge in [-0.1, -0.05) is 45.0 Å². The molecule has 14 nitrogen and oxygen atoms in total. The molecule has 0 bridgehead atoms. The highest BCUT2D eigenvalue weighted by molar-refractivity contribution is 7.24. The lowest BCUT2D eigenvalue weighted by Gasteiger charge is -2.33. The van der Waals surface area contributed by atoms with Gasteiger partial charge in [-0.2, -0.15) is 0 Å². The normalized spacial score (nSPS) is 15.4. The molecule has 5 rings (SSSR count). The summed E-state index contributed by atoms with van der Waals surface area (Å²) < 4.78 is 0.926. The summed E-state index contributed by atoms with van der Waals surface area (Å²) in [4.78, 5) is 76.2. The van der Waals surface area contributed by atoms with Crippen molar-refractivity contribution in [2.24, 2.45) is 0 Å². The molecule has 0 radical (unpaired) electrons. The second kappa shape index (κ2) is 23.1. The van der Waals surface area contributed by atoms with E-state index in [-0.39, 0.29) is 48.2 Å². The molecule has 3 amide bonds. The number of likely N-dealkylation sites (N-methyl/N-ethyl adjacent to an activating group) is 3. The van der Waals surface area contributed by atoms with Gasteiger partial charge in [-0.15, -0.1) is 11.3 Å². The van der Waals surface area contributed by atoms with E-state index < -0.39 is 5.97 Å². The third-order valence-corrected chi connectivity index (χ3v) is 11.1. The molecule has 15 heteroatoms. The molecule has 2 aromatic carbocycles. The van der Waals surface area contributed by atoms with E-state index >= 15 is 0 Å². The SMILES string of the molecule is CCNC(=O)CN1CCN(CC(=O)NCC)CCN(Cc2ccc3c(=O)c4cc(C(C)(C)C)ccc4sc3n2)CCN(CC(=O)NCC)CC1.O=C(O)c1ccccc1. The first-order chi connectivity index (χ1) is 28.2. The minimum Gasteiger partial charge on any atom is -0.478 e. The summed E-state index contributed by atoms with van der Waals surface area (Å²) in [5.41, 5.74) is 2.28. The fourth-order valence-electron chi connectivity index (χ4n) is 6.72. The topological polar surface area (TPSA) is 168 Å². The summed E-state index contributed by atoms with van der Waals surface area (Å²) in [6.07, 6.45) is 0. The van der Waals surface area contributed by atoms with Crippen molar-refractivity contribution in [3.8, 4) is 0 Å². The Morgan fingerprint density at radius 2 is 1.14 bits per heavy atom. The van der Waals surface area contributed by atoms with Crippen LogP contribution >= 0.6 is 11.3 Å². The molecule has 0 saturated carbocycles. The first kappa shape index (κ1) is 46.9. The molecule has 2 aromatic heterocycles. The summed E-state index contributed by atoms with van der Waals surface area (Å²) in [5, 5.41) is 18.5. The number of hydrogen-bond acceptors (Lipinski definition) is 11. The third kappa shape index (κ3) is 15.1. The van der Waals surface area contributed by atoms with E-state index in [4.69, 9.17) is 10.1 Å². The Bertz CT molecular complexity index is 2040. The Labute approximate surface area is 352 Å². The van der Waals surface area contributed by atoms with Gasteiger partial charge in [-0.3, -0.25) is 38.8 Å². The number of nitrogens with zero attached hydrogens (tertiary/aromatic N) is 5. The van der Waals surface area contributed by atoms with Crippen LogP contribution in [0.25, 0.3) is 20.3 Å². The van der Waals surface area contributed by atoms with Crippen LogP contribution in [0.5, 0.6) is 0 Å². The molecule has 4 N–H and O–H groups in total. The van der Waals surface area contributed by atoms with Crippen molar-refractivity contribution in [3.05, 3.63) is 87.7 Å². The average molecular weight is 831 g/mol. The van der Waals surface area contributed by atoms with Gasteiger partial charge in [0.25, 0.3) is 0 Å². The van der Waals surface area contributed by atoms with Crippen molar-refractivity contribution in [3.63, 3.8) is 0 Å². The molecule has 0 atom stereocenters. The van der Waals surface area contributed by atoms with Crippen molar-refractivity contribution in [2.45, 2.75) is 53.5 Å². The highest BCUT2D eigenvalue weighted by atomic mass is 32.1. The number of carboxylic acids is 1. The number of aromatic nitrogens is 1. The van der Waals surface area contributed by atoms with E-state index in [1.54, 1.807) is 41.7 Å². The van der Waals surface area contributed by atoms with Crippen molar-refractivity contribution >= 4 is 55.3 Å². The van der Waals surface area contributed by atoms with Crippen LogP contribution in [-0.4, -0.2) is 145 Å². The molecule has 1 fully saturated rings. The van der Waals surface area contributed by atoms with Crippen LogP contribution in [0.4, 0.5) is 0 Å². The molecule has 320 valence electrons. The number of carbonyl (C=O) groups excluding carboxylic acids is 3. The number of nitrogens with one attached hydrogen (secondary N) is 3. The lowest BCUT2D eigenvalue weighted by Crippen LogP contribution is -2.50. The molecule has 1 aliphatic heterocycles. The number of carbonyl (C=O) groups is 4. The zero-order valence-electron chi connectivity index (χ0n) is 35.5. The first-order valence-electron chi connectivity index (χ1n) is 20.6. The quantitative estimate of drug-likeness (QED) is 0.154. The van der Waals surface area contributed by atoms with Crippen molar-refractivity contribution in [1.29, 1.82) is 0 Å². The first-order valence-corrected chi connectivity index (χ1v) is 21.4. The van der Waals surface area contributed by atoms with Gasteiger partial charge >= 0.3 is 5.97 Å². The number of fused-ring (bicyclic) bond motifs is 2. The van der Waals surface area contributed by atoms with Gasteiger partial charge in [0, 0.05) is 88.6 Å². The van der Waals surface area contributed by atoms with E-state index in [2.05, 4.69) is 62.4 Å². The lowest BCUT2D eigenvalue weighted by atomic mass is 9.86. The standard InChI is InChI=1S/C37H56N8O4S.C7H6O2/c1-7-38-32(46)24-43-16-14-42(15-17-44(25-33(47)39-8-2)19-21-45(20-18-43)26-34(48)40-9-3)23-28-11-12-29-35(49)30-22-27(37(4,5)6)10-13-31(30)50-36(29)41-28;8-7(9)6-4-2-1-3-5-6/h10-13,22H,7-9,14-21,23-26H2,1-6H3,(H,38,46)(H,39,47)(H,40,48);1-5H,(H,8,9). The molecule has 1 aliphatic rings. The van der Waals surface area contributed by atoms with Crippen molar-refractivity contribution < 1.29 is 24.3 Å². The Balaban J connectivity index is 0.000000753. The number of amides is 3. The summed E-state index contributed by atoms with van der Waals surface area (Å²) >= 11 is 1.54. The zero-order chi connectivity index (χ0) is 43.0. The molecule has 0 spiro atoms. The number of hydrogen-bond donors (Lipinski definition) is 4. The van der Waals surface area contributed by atoms with Gasteiger partial charge in [0.2, 0.25) is 17.7 Å². The third-order valence-electron chi connectivity index (χ3n) is 10.0. The zero-order valence-corrected chi connectivity index (χ0v) is 36.3. The van der Waals surface area contributed by atoms with E-state index in [9.17, 15) is 24.0 Å². The van der Waals surface area contributed by atoms with Gasteiger partial charge in [-0.25, -0.2) is 9.78 Å². The highest BCUT2D eigenvalue weighted by Gasteiger charge is 2.22. The van der Waals surface area contributed by atoms with Gasteiger partial charge in [0.15, 0.2) is 5.43 Å². The number of benzene rings is 2. The average Bonchev–Trinajstić information content (AvgIpc) is 3.19. The maximum atomic E-state index is 13.6. The second-order valence-electron chi connectivity index (χ2n) is 15.7. The minimum atomic E-state index is -0.879. The van der Waals surface area contributed by atoms with Crippen LogP contribution in [0, 0.1) is 0 Å². The Morgan fingerprint density at radius 1 is 0.661 bits per heavy atom. The van der Waals surface area contributed by atoms with Crippen molar-refractivity contribution in [1.82, 2.24) is 40.5 Å². The molecule has 1 saturated heterocycles. The van der Waals surface area contributed by atoms with Crippen LogP contribution in [0.1, 0.15) is 63.2 Å². The largest absolute Gasteiger partial charge is 0.478 e. The summed E-state index contributed by atoms with van der Waals surface area (Å²) in [7, 11) is 0. The number of aromatic carboxylic acids is 1. The predicted molar refractivity (Wildman–Crippen MR) is 236 cm³/mol. The second-order valence-corrected chi connectivity index (χ2v) is 16.7. The molecule has 3 heterocycles. The number of carboxylic acid groups (broad SMARTS) is 1.